The maximum Gasteiger partial charge on any atom is 0.252 e. The molecule has 32 heavy (non-hydrogen) atoms. The summed E-state index contributed by atoms with van der Waals surface area (Å²) >= 11 is 0. The lowest BCUT2D eigenvalue weighted by atomic mass is 10.0. The molecule has 0 unspecified atom stereocenters. The highest BCUT2D eigenvalue weighted by atomic mass is 19.1. The normalized spacial score (nSPS) is 18.6. The summed E-state index contributed by atoms with van der Waals surface area (Å²) in [6.45, 7) is 1.91. The van der Waals surface area contributed by atoms with E-state index in [0.717, 1.165) is 17.0 Å². The first kappa shape index (κ1) is 21.9. The van der Waals surface area contributed by atoms with E-state index in [1.807, 2.05) is 0 Å². The van der Waals surface area contributed by atoms with Crippen molar-refractivity contribution >= 4 is 34.1 Å². The van der Waals surface area contributed by atoms with Crippen molar-refractivity contribution in [2.24, 2.45) is 11.5 Å². The van der Waals surface area contributed by atoms with Gasteiger partial charge in [0.15, 0.2) is 11.6 Å². The fourth-order valence-electron chi connectivity index (χ4n) is 3.56. The van der Waals surface area contributed by atoms with E-state index in [-0.39, 0.29) is 29.3 Å². The van der Waals surface area contributed by atoms with Crippen LogP contribution in [0.1, 0.15) is 16.8 Å². The number of primary amides is 1. The summed E-state index contributed by atoms with van der Waals surface area (Å²) in [7, 11) is 1.61. The second kappa shape index (κ2) is 9.42. The van der Waals surface area contributed by atoms with Crippen LogP contribution in [0.5, 0.6) is 0 Å². The number of pyridine rings is 2. The predicted molar refractivity (Wildman–Crippen MR) is 116 cm³/mol. The molecule has 4 rings (SSSR count). The van der Waals surface area contributed by atoms with Crippen molar-refractivity contribution in [3.63, 3.8) is 0 Å². The smallest absolute Gasteiger partial charge is 0.252 e. The number of carbonyl (C=O) groups is 1. The van der Waals surface area contributed by atoms with Gasteiger partial charge in [0.05, 0.1) is 55.1 Å². The molecule has 1 amide bonds. The van der Waals surface area contributed by atoms with Gasteiger partial charge in [-0.3, -0.25) is 14.5 Å². The first-order chi connectivity index (χ1) is 15.5. The summed E-state index contributed by atoms with van der Waals surface area (Å²) in [4.78, 5) is 20.5. The Balaban J connectivity index is 1.68. The molecule has 0 bridgehead atoms. The summed E-state index contributed by atoms with van der Waals surface area (Å²) in [5.41, 5.74) is 12.8. The van der Waals surface area contributed by atoms with Gasteiger partial charge < -0.3 is 31.6 Å². The number of rotatable bonds is 8. The van der Waals surface area contributed by atoms with Crippen molar-refractivity contribution in [3.8, 4) is 0 Å². The first-order valence-electron chi connectivity index (χ1n) is 10.1. The molecule has 0 spiro atoms. The molecule has 0 saturated carbocycles. The maximum atomic E-state index is 14.7. The molecule has 0 aromatic carbocycles. The molecule has 1 aliphatic heterocycles. The highest BCUT2D eigenvalue weighted by Gasteiger charge is 2.25. The Hall–Kier alpha value is -3.35. The molecule has 4 heterocycles. The van der Waals surface area contributed by atoms with Gasteiger partial charge >= 0.3 is 0 Å². The van der Waals surface area contributed by atoms with Gasteiger partial charge in [-0.25, -0.2) is 9.37 Å². The number of anilines is 3. The quantitative estimate of drug-likeness (QED) is 0.398. The average Bonchev–Trinajstić information content (AvgIpc) is 3.19. The molecule has 170 valence electrons. The standard InChI is InChI=1S/C20H25FN8O3/c1-31-5-3-29-17-9-24-8-16(12(17)7-25-29)27-19-11(18(23)30)6-13(21)20(28-19)26-15-2-4-32-10-14(15)22/h6-9,14-15H,2-5,10,22H2,1H3,(H2,23,30)(H2,26,27,28)/t14-,15+/m0/s1. The Morgan fingerprint density at radius 1 is 1.38 bits per heavy atom. The van der Waals surface area contributed by atoms with E-state index < -0.39 is 11.7 Å². The lowest BCUT2D eigenvalue weighted by Gasteiger charge is -2.30. The molecule has 1 aliphatic rings. The van der Waals surface area contributed by atoms with Gasteiger partial charge in [-0.2, -0.15) is 5.10 Å². The van der Waals surface area contributed by atoms with Crippen molar-refractivity contribution in [3.05, 3.63) is 36.0 Å². The molecule has 6 N–H and O–H groups in total. The van der Waals surface area contributed by atoms with Crippen molar-refractivity contribution in [2.45, 2.75) is 25.0 Å². The number of carbonyl (C=O) groups excluding carboxylic acids is 1. The number of fused-ring (bicyclic) bond motifs is 1. The summed E-state index contributed by atoms with van der Waals surface area (Å²) < 4.78 is 26.9. The monoisotopic (exact) mass is 444 g/mol. The van der Waals surface area contributed by atoms with Gasteiger partial charge in [0.1, 0.15) is 5.82 Å². The fourth-order valence-corrected chi connectivity index (χ4v) is 3.56. The maximum absolute atomic E-state index is 14.7. The minimum atomic E-state index is -0.816. The summed E-state index contributed by atoms with van der Waals surface area (Å²) in [5, 5.41) is 11.2. The number of hydrogen-bond acceptors (Lipinski definition) is 9. The number of nitrogens with two attached hydrogens (primary N) is 2. The zero-order valence-corrected chi connectivity index (χ0v) is 17.5. The number of nitrogens with one attached hydrogen (secondary N) is 2. The van der Waals surface area contributed by atoms with Gasteiger partial charge in [0.2, 0.25) is 0 Å². The fraction of sp³-hybridized carbons (Fsp3) is 0.400. The lowest BCUT2D eigenvalue weighted by Crippen LogP contribution is -2.47. The molecule has 3 aromatic heterocycles. The van der Waals surface area contributed by atoms with Crippen LogP contribution in [0.4, 0.5) is 21.7 Å². The summed E-state index contributed by atoms with van der Waals surface area (Å²) in [6, 6.07) is 0.524. The van der Waals surface area contributed by atoms with Crippen LogP contribution in [0.2, 0.25) is 0 Å². The molecule has 12 heteroatoms. The van der Waals surface area contributed by atoms with Crippen LogP contribution in [-0.4, -0.2) is 64.7 Å². The van der Waals surface area contributed by atoms with Crippen molar-refractivity contribution in [1.82, 2.24) is 19.7 Å². The molecule has 2 atom stereocenters. The van der Waals surface area contributed by atoms with Gasteiger partial charge in [-0.05, 0) is 12.5 Å². The number of halogens is 1. The van der Waals surface area contributed by atoms with Crippen molar-refractivity contribution in [2.75, 3.05) is 37.6 Å². The third-order valence-electron chi connectivity index (χ3n) is 5.30. The third kappa shape index (κ3) is 4.47. The second-order valence-corrected chi connectivity index (χ2v) is 7.46. The number of ether oxygens (including phenoxy) is 2. The van der Waals surface area contributed by atoms with Crippen LogP contribution in [0.25, 0.3) is 10.9 Å². The van der Waals surface area contributed by atoms with E-state index in [9.17, 15) is 9.18 Å². The summed E-state index contributed by atoms with van der Waals surface area (Å²) in [5.74, 6) is -1.45. The molecule has 0 radical (unpaired) electrons. The minimum Gasteiger partial charge on any atom is -0.383 e. The SMILES string of the molecule is COCCn1ncc2c(Nc3nc(N[C@@H]4CCOC[C@@H]4N)c(F)cc3C(N)=O)cncc21. The number of aromatic nitrogens is 4. The van der Waals surface area contributed by atoms with Crippen LogP contribution in [0, 0.1) is 5.82 Å². The molecule has 3 aromatic rings. The molecule has 1 fully saturated rings. The Bertz CT molecular complexity index is 1120. The lowest BCUT2D eigenvalue weighted by molar-refractivity contribution is 0.0751. The topological polar surface area (TPSA) is 155 Å². The minimum absolute atomic E-state index is 0.0317. The van der Waals surface area contributed by atoms with E-state index in [2.05, 4.69) is 25.7 Å². The Morgan fingerprint density at radius 3 is 2.97 bits per heavy atom. The number of hydrogen-bond donors (Lipinski definition) is 4. The van der Waals surface area contributed by atoms with Crippen LogP contribution < -0.4 is 22.1 Å². The Morgan fingerprint density at radius 2 is 2.22 bits per heavy atom. The van der Waals surface area contributed by atoms with Crippen LogP contribution in [0.15, 0.2) is 24.7 Å². The molecule has 0 aliphatic carbocycles. The van der Waals surface area contributed by atoms with Gasteiger partial charge in [-0.15, -0.1) is 0 Å². The highest BCUT2D eigenvalue weighted by Crippen LogP contribution is 2.28. The van der Waals surface area contributed by atoms with E-state index in [1.54, 1.807) is 30.4 Å². The van der Waals surface area contributed by atoms with Gasteiger partial charge in [-0.1, -0.05) is 0 Å². The largest absolute Gasteiger partial charge is 0.383 e. The zero-order chi connectivity index (χ0) is 22.7. The molecule has 1 saturated heterocycles. The van der Waals surface area contributed by atoms with E-state index in [4.69, 9.17) is 20.9 Å². The first-order valence-corrected chi connectivity index (χ1v) is 10.1. The number of amides is 1. The van der Waals surface area contributed by atoms with Crippen molar-refractivity contribution in [1.29, 1.82) is 0 Å². The molecular weight excluding hydrogens is 419 g/mol. The van der Waals surface area contributed by atoms with E-state index >= 15 is 0 Å². The van der Waals surface area contributed by atoms with E-state index in [1.165, 1.54) is 0 Å². The molecule has 11 nitrogen and oxygen atoms in total. The Labute approximate surface area is 183 Å². The van der Waals surface area contributed by atoms with Crippen LogP contribution in [0.3, 0.4) is 0 Å². The summed E-state index contributed by atoms with van der Waals surface area (Å²) in [6.07, 6.45) is 5.52. The average molecular weight is 444 g/mol. The number of methoxy groups -OCH3 is 1. The highest BCUT2D eigenvalue weighted by molar-refractivity contribution is 6.00. The zero-order valence-electron chi connectivity index (χ0n) is 17.5. The van der Waals surface area contributed by atoms with Crippen LogP contribution >= 0.6 is 0 Å². The Kier molecular flexibility index (Phi) is 6.44. The molecular formula is C20H25FN8O3. The van der Waals surface area contributed by atoms with E-state index in [0.29, 0.717) is 38.5 Å². The number of nitrogens with zero attached hydrogens (tertiary/aromatic N) is 4. The van der Waals surface area contributed by atoms with Gasteiger partial charge in [0.25, 0.3) is 5.91 Å². The van der Waals surface area contributed by atoms with Crippen molar-refractivity contribution < 1.29 is 18.7 Å². The second-order valence-electron chi connectivity index (χ2n) is 7.46. The predicted octanol–water partition coefficient (Wildman–Crippen LogP) is 0.982. The van der Waals surface area contributed by atoms with Gasteiger partial charge in [0, 0.05) is 31.2 Å². The van der Waals surface area contributed by atoms with Crippen LogP contribution in [-0.2, 0) is 16.0 Å². The third-order valence-corrected chi connectivity index (χ3v) is 5.30.